The Kier molecular flexibility index (Phi) is 4.50. The second-order valence-corrected chi connectivity index (χ2v) is 8.16. The van der Waals surface area contributed by atoms with Gasteiger partial charge in [0, 0.05) is 12.1 Å². The molecule has 2 aliphatic rings. The third-order valence-corrected chi connectivity index (χ3v) is 6.99. The van der Waals surface area contributed by atoms with E-state index in [0.717, 1.165) is 35.3 Å². The van der Waals surface area contributed by atoms with Gasteiger partial charge in [-0.15, -0.1) is 0 Å². The minimum Gasteiger partial charge on any atom is -0.480 e. The summed E-state index contributed by atoms with van der Waals surface area (Å²) in [7, 11) is -4.67. The summed E-state index contributed by atoms with van der Waals surface area (Å²) in [5, 5.41) is 20.6. The van der Waals surface area contributed by atoms with Crippen LogP contribution < -0.4 is 0 Å². The lowest BCUT2D eigenvalue weighted by Gasteiger charge is -2.31. The smallest absolute Gasteiger partial charge is 0.322 e. The Bertz CT molecular complexity index is 827. The van der Waals surface area contributed by atoms with Gasteiger partial charge in [0.05, 0.1) is 4.92 Å². The van der Waals surface area contributed by atoms with Gasteiger partial charge in [0.15, 0.2) is 4.90 Å². The fourth-order valence-corrected chi connectivity index (χ4v) is 6.05. The summed E-state index contributed by atoms with van der Waals surface area (Å²) in [5.41, 5.74) is -0.886. The number of nitro groups is 1. The number of nitro benzene ring substituents is 1. The Balaban J connectivity index is 2.16. The highest BCUT2D eigenvalue weighted by molar-refractivity contribution is 7.89. The fourth-order valence-electron chi connectivity index (χ4n) is 3.98. The number of carbonyl (C=O) groups is 1. The summed E-state index contributed by atoms with van der Waals surface area (Å²) in [6, 6.07) is 0.870. The van der Waals surface area contributed by atoms with Crippen molar-refractivity contribution < 1.29 is 27.6 Å². The normalized spacial score (nSPS) is 27.0. The third-order valence-electron chi connectivity index (χ3n) is 4.99. The summed E-state index contributed by atoms with van der Waals surface area (Å²) >= 11 is 0. The first-order valence-electron chi connectivity index (χ1n) is 7.94. The van der Waals surface area contributed by atoms with Crippen molar-refractivity contribution in [2.75, 3.05) is 0 Å². The average molecular weight is 372 g/mol. The molecule has 1 aliphatic heterocycles. The van der Waals surface area contributed by atoms with E-state index in [2.05, 4.69) is 0 Å². The number of carboxylic acid groups (broad SMARTS) is 1. The van der Waals surface area contributed by atoms with Crippen molar-refractivity contribution in [2.24, 2.45) is 5.92 Å². The summed E-state index contributed by atoms with van der Waals surface area (Å²) in [5.74, 6) is -2.70. The number of carboxylic acids is 1. The molecule has 136 valence electrons. The molecule has 1 heterocycles. The molecule has 1 saturated carbocycles. The van der Waals surface area contributed by atoms with Crippen LogP contribution in [0.2, 0.25) is 0 Å². The standard InChI is InChI=1S/C15H17FN2O6S/c16-10-5-3-7-12(18(21)22)14(10)25(23,24)17-11-6-2-1-4-9(11)8-13(17)15(19)20/h3,5,7,9,11,13H,1-2,4,6,8H2,(H,19,20). The summed E-state index contributed by atoms with van der Waals surface area (Å²) in [6.45, 7) is 0. The van der Waals surface area contributed by atoms with E-state index in [-0.39, 0.29) is 12.3 Å². The molecule has 0 spiro atoms. The Morgan fingerprint density at radius 2 is 2.00 bits per heavy atom. The number of hydrogen-bond donors (Lipinski definition) is 1. The molecule has 25 heavy (non-hydrogen) atoms. The molecule has 1 aromatic carbocycles. The first kappa shape index (κ1) is 17.7. The van der Waals surface area contributed by atoms with Gasteiger partial charge in [-0.3, -0.25) is 14.9 Å². The molecule has 2 fully saturated rings. The number of nitrogens with zero attached hydrogens (tertiary/aromatic N) is 2. The van der Waals surface area contributed by atoms with Gasteiger partial charge in [-0.05, 0) is 31.2 Å². The quantitative estimate of drug-likeness (QED) is 0.639. The molecule has 0 bridgehead atoms. The van der Waals surface area contributed by atoms with Crippen LogP contribution >= 0.6 is 0 Å². The molecular weight excluding hydrogens is 355 g/mol. The zero-order chi connectivity index (χ0) is 18.4. The largest absolute Gasteiger partial charge is 0.480 e. The number of sulfonamides is 1. The second-order valence-electron chi connectivity index (χ2n) is 6.38. The molecule has 3 atom stereocenters. The molecule has 1 aliphatic carbocycles. The molecule has 8 nitrogen and oxygen atoms in total. The molecule has 0 radical (unpaired) electrons. The zero-order valence-electron chi connectivity index (χ0n) is 13.2. The van der Waals surface area contributed by atoms with Gasteiger partial charge in [0.1, 0.15) is 11.9 Å². The van der Waals surface area contributed by atoms with Crippen molar-refractivity contribution >= 4 is 21.7 Å². The topological polar surface area (TPSA) is 118 Å². The Morgan fingerprint density at radius 3 is 2.64 bits per heavy atom. The van der Waals surface area contributed by atoms with Crippen LogP contribution in [0.4, 0.5) is 10.1 Å². The zero-order valence-corrected chi connectivity index (χ0v) is 14.0. The van der Waals surface area contributed by atoms with Crippen LogP contribution in [0.1, 0.15) is 32.1 Å². The van der Waals surface area contributed by atoms with Crippen LogP contribution in [0, 0.1) is 21.8 Å². The lowest BCUT2D eigenvalue weighted by atomic mass is 9.85. The van der Waals surface area contributed by atoms with E-state index in [1.807, 2.05) is 0 Å². The maximum Gasteiger partial charge on any atom is 0.322 e. The first-order chi connectivity index (χ1) is 11.7. The lowest BCUT2D eigenvalue weighted by Crippen LogP contribution is -2.46. The van der Waals surface area contributed by atoms with Crippen LogP contribution in [0.25, 0.3) is 0 Å². The Labute approximate surface area is 143 Å². The highest BCUT2D eigenvalue weighted by atomic mass is 32.2. The van der Waals surface area contributed by atoms with Crippen molar-refractivity contribution in [3.8, 4) is 0 Å². The molecule has 0 aromatic heterocycles. The van der Waals surface area contributed by atoms with Crippen molar-refractivity contribution in [1.29, 1.82) is 0 Å². The summed E-state index contributed by atoms with van der Waals surface area (Å²) in [4.78, 5) is 20.7. The Hall–Kier alpha value is -2.07. The summed E-state index contributed by atoms with van der Waals surface area (Å²) < 4.78 is 41.2. The molecule has 1 saturated heterocycles. The predicted molar refractivity (Wildman–Crippen MR) is 83.9 cm³/mol. The van der Waals surface area contributed by atoms with Gasteiger partial charge in [-0.25, -0.2) is 12.8 Å². The molecule has 3 unspecified atom stereocenters. The number of halogens is 1. The first-order valence-corrected chi connectivity index (χ1v) is 9.38. The Morgan fingerprint density at radius 1 is 1.32 bits per heavy atom. The minimum atomic E-state index is -4.67. The predicted octanol–water partition coefficient (Wildman–Crippen LogP) is 2.14. The molecule has 3 rings (SSSR count). The van der Waals surface area contributed by atoms with Crippen molar-refractivity contribution in [2.45, 2.75) is 49.1 Å². The highest BCUT2D eigenvalue weighted by Crippen LogP contribution is 2.44. The van der Waals surface area contributed by atoms with Crippen LogP contribution in [0.15, 0.2) is 23.1 Å². The second kappa shape index (κ2) is 6.34. The van der Waals surface area contributed by atoms with Gasteiger partial charge in [-0.2, -0.15) is 4.31 Å². The van der Waals surface area contributed by atoms with Crippen LogP contribution in [-0.2, 0) is 14.8 Å². The van der Waals surface area contributed by atoms with Crippen LogP contribution in [0.3, 0.4) is 0 Å². The lowest BCUT2D eigenvalue weighted by molar-refractivity contribution is -0.388. The minimum absolute atomic E-state index is 0.129. The van der Waals surface area contributed by atoms with Crippen molar-refractivity contribution in [1.82, 2.24) is 4.31 Å². The fraction of sp³-hybridized carbons (Fsp3) is 0.533. The van der Waals surface area contributed by atoms with Crippen molar-refractivity contribution in [3.63, 3.8) is 0 Å². The van der Waals surface area contributed by atoms with E-state index >= 15 is 0 Å². The molecule has 1 aromatic rings. The number of fused-ring (bicyclic) bond motifs is 1. The summed E-state index contributed by atoms with van der Waals surface area (Å²) in [6.07, 6.45) is 2.91. The monoisotopic (exact) mass is 372 g/mol. The number of hydrogen-bond acceptors (Lipinski definition) is 5. The number of aliphatic carboxylic acids is 1. The van der Waals surface area contributed by atoms with E-state index in [9.17, 15) is 32.8 Å². The van der Waals surface area contributed by atoms with Gasteiger partial charge in [0.2, 0.25) is 0 Å². The van der Waals surface area contributed by atoms with E-state index in [4.69, 9.17) is 0 Å². The average Bonchev–Trinajstić information content (AvgIpc) is 2.94. The van der Waals surface area contributed by atoms with Gasteiger partial charge in [0.25, 0.3) is 15.7 Å². The molecule has 0 amide bonds. The maximum atomic E-state index is 14.3. The molecule has 1 N–H and O–H groups in total. The van der Waals surface area contributed by atoms with Crippen LogP contribution in [-0.4, -0.2) is 40.8 Å². The van der Waals surface area contributed by atoms with Gasteiger partial charge < -0.3 is 5.11 Å². The molecule has 10 heteroatoms. The van der Waals surface area contributed by atoms with E-state index < -0.39 is 49.4 Å². The van der Waals surface area contributed by atoms with Crippen LogP contribution in [0.5, 0.6) is 0 Å². The van der Waals surface area contributed by atoms with Gasteiger partial charge in [-0.1, -0.05) is 18.9 Å². The maximum absolute atomic E-state index is 14.3. The highest BCUT2D eigenvalue weighted by Gasteiger charge is 2.53. The van der Waals surface area contributed by atoms with E-state index in [1.54, 1.807) is 0 Å². The van der Waals surface area contributed by atoms with Gasteiger partial charge >= 0.3 is 5.97 Å². The van der Waals surface area contributed by atoms with E-state index in [1.165, 1.54) is 0 Å². The SMILES string of the molecule is O=C(O)C1CC2CCCCC2N1S(=O)(=O)c1c(F)cccc1[N+](=O)[O-]. The van der Waals surface area contributed by atoms with Crippen molar-refractivity contribution in [3.05, 3.63) is 34.1 Å². The van der Waals surface area contributed by atoms with E-state index in [0.29, 0.717) is 12.8 Å². The third kappa shape index (κ3) is 2.89. The number of benzene rings is 1. The molecular formula is C15H17FN2O6S. The number of rotatable bonds is 4.